The SMILES string of the molecule is C[C@@H](CO)NC(=O)c1ccc(OC2CCN(CCc3ccccc3)CC2)cc1. The van der Waals surface area contributed by atoms with Gasteiger partial charge in [0.15, 0.2) is 0 Å². The van der Waals surface area contributed by atoms with Crippen LogP contribution in [0.4, 0.5) is 0 Å². The fraction of sp³-hybridized carbons (Fsp3) is 0.435. The van der Waals surface area contributed by atoms with E-state index in [0.29, 0.717) is 5.56 Å². The normalized spacial score (nSPS) is 16.5. The lowest BCUT2D eigenvalue weighted by Crippen LogP contribution is -2.39. The van der Waals surface area contributed by atoms with E-state index in [4.69, 9.17) is 9.84 Å². The zero-order valence-electron chi connectivity index (χ0n) is 16.5. The number of aliphatic hydroxyl groups excluding tert-OH is 1. The van der Waals surface area contributed by atoms with Gasteiger partial charge < -0.3 is 20.1 Å². The van der Waals surface area contributed by atoms with Crippen LogP contribution in [-0.4, -0.2) is 54.3 Å². The standard InChI is InChI=1S/C23H30N2O3/c1-18(17-26)24-23(27)20-7-9-21(10-8-20)28-22-12-15-25(16-13-22)14-11-19-5-3-2-4-6-19/h2-10,18,22,26H,11-17H2,1H3,(H,24,27)/t18-/m0/s1. The van der Waals surface area contributed by atoms with E-state index in [1.54, 1.807) is 19.1 Å². The summed E-state index contributed by atoms with van der Waals surface area (Å²) < 4.78 is 6.11. The average Bonchev–Trinajstić information content (AvgIpc) is 2.74. The van der Waals surface area contributed by atoms with E-state index in [-0.39, 0.29) is 24.7 Å². The van der Waals surface area contributed by atoms with Gasteiger partial charge >= 0.3 is 0 Å². The lowest BCUT2D eigenvalue weighted by molar-refractivity contribution is 0.0921. The van der Waals surface area contributed by atoms with Crippen molar-refractivity contribution < 1.29 is 14.6 Å². The molecule has 1 fully saturated rings. The minimum absolute atomic E-state index is 0.0724. The number of rotatable bonds is 8. The molecule has 0 unspecified atom stereocenters. The van der Waals surface area contributed by atoms with Crippen molar-refractivity contribution in [3.8, 4) is 5.75 Å². The van der Waals surface area contributed by atoms with Gasteiger partial charge in [0, 0.05) is 31.2 Å². The minimum atomic E-state index is -0.254. The van der Waals surface area contributed by atoms with Crippen LogP contribution in [0.15, 0.2) is 54.6 Å². The molecule has 1 atom stereocenters. The summed E-state index contributed by atoms with van der Waals surface area (Å²) in [6.45, 7) is 4.89. The van der Waals surface area contributed by atoms with E-state index in [2.05, 4.69) is 40.5 Å². The molecule has 1 aliphatic heterocycles. The quantitative estimate of drug-likeness (QED) is 0.737. The van der Waals surface area contributed by atoms with Crippen LogP contribution in [0.5, 0.6) is 5.75 Å². The lowest BCUT2D eigenvalue weighted by atomic mass is 10.1. The fourth-order valence-electron chi connectivity index (χ4n) is 3.41. The fourth-order valence-corrected chi connectivity index (χ4v) is 3.41. The second-order valence-corrected chi connectivity index (χ2v) is 7.48. The third-order valence-electron chi connectivity index (χ3n) is 5.16. The van der Waals surface area contributed by atoms with Gasteiger partial charge in [-0.25, -0.2) is 0 Å². The van der Waals surface area contributed by atoms with E-state index >= 15 is 0 Å². The number of piperidine rings is 1. The minimum Gasteiger partial charge on any atom is -0.490 e. The summed E-state index contributed by atoms with van der Waals surface area (Å²) in [6.07, 6.45) is 3.35. The Kier molecular flexibility index (Phi) is 7.46. The van der Waals surface area contributed by atoms with Gasteiger partial charge in [0.25, 0.3) is 5.91 Å². The highest BCUT2D eigenvalue weighted by Crippen LogP contribution is 2.20. The maximum Gasteiger partial charge on any atom is 0.251 e. The number of carbonyl (C=O) groups is 1. The largest absolute Gasteiger partial charge is 0.490 e. The molecule has 2 aromatic carbocycles. The van der Waals surface area contributed by atoms with Gasteiger partial charge in [-0.15, -0.1) is 0 Å². The first-order valence-corrected chi connectivity index (χ1v) is 10.1. The Labute approximate surface area is 167 Å². The number of carbonyl (C=O) groups excluding carboxylic acids is 1. The van der Waals surface area contributed by atoms with Crippen molar-refractivity contribution >= 4 is 5.91 Å². The maximum absolute atomic E-state index is 12.0. The smallest absolute Gasteiger partial charge is 0.251 e. The van der Waals surface area contributed by atoms with Crippen molar-refractivity contribution in [2.24, 2.45) is 0 Å². The monoisotopic (exact) mass is 382 g/mol. The number of nitrogens with zero attached hydrogens (tertiary/aromatic N) is 1. The van der Waals surface area contributed by atoms with Crippen LogP contribution in [0.25, 0.3) is 0 Å². The average molecular weight is 383 g/mol. The molecule has 1 amide bonds. The summed E-state index contributed by atoms with van der Waals surface area (Å²) in [5, 5.41) is 11.8. The number of amides is 1. The predicted molar refractivity (Wildman–Crippen MR) is 111 cm³/mol. The Morgan fingerprint density at radius 1 is 1.14 bits per heavy atom. The molecule has 28 heavy (non-hydrogen) atoms. The Bertz CT molecular complexity index is 725. The molecule has 5 nitrogen and oxygen atoms in total. The summed E-state index contributed by atoms with van der Waals surface area (Å²) in [4.78, 5) is 14.5. The second-order valence-electron chi connectivity index (χ2n) is 7.48. The molecule has 1 aliphatic rings. The van der Waals surface area contributed by atoms with Crippen LogP contribution < -0.4 is 10.1 Å². The highest BCUT2D eigenvalue weighted by atomic mass is 16.5. The highest BCUT2D eigenvalue weighted by Gasteiger charge is 2.20. The molecule has 5 heteroatoms. The summed E-state index contributed by atoms with van der Waals surface area (Å²) in [6, 6.07) is 17.6. The molecule has 3 rings (SSSR count). The maximum atomic E-state index is 12.0. The summed E-state index contributed by atoms with van der Waals surface area (Å²) in [7, 11) is 0. The number of aliphatic hydroxyl groups is 1. The third-order valence-corrected chi connectivity index (χ3v) is 5.16. The zero-order valence-corrected chi connectivity index (χ0v) is 16.5. The van der Waals surface area contributed by atoms with Crippen molar-refractivity contribution in [2.75, 3.05) is 26.2 Å². The number of ether oxygens (including phenoxy) is 1. The Morgan fingerprint density at radius 2 is 1.82 bits per heavy atom. The van der Waals surface area contributed by atoms with Crippen LogP contribution in [0.1, 0.15) is 35.7 Å². The number of nitrogens with one attached hydrogen (secondary N) is 1. The molecule has 0 bridgehead atoms. The lowest BCUT2D eigenvalue weighted by Gasteiger charge is -2.32. The van der Waals surface area contributed by atoms with E-state index in [1.165, 1.54) is 5.56 Å². The first-order valence-electron chi connectivity index (χ1n) is 10.1. The molecule has 0 spiro atoms. The van der Waals surface area contributed by atoms with E-state index in [9.17, 15) is 4.79 Å². The van der Waals surface area contributed by atoms with Gasteiger partial charge in [0.05, 0.1) is 6.61 Å². The molecule has 150 valence electrons. The predicted octanol–water partition coefficient (Wildman–Crippen LogP) is 2.88. The van der Waals surface area contributed by atoms with Gasteiger partial charge in [0.2, 0.25) is 0 Å². The van der Waals surface area contributed by atoms with Crippen LogP contribution >= 0.6 is 0 Å². The Morgan fingerprint density at radius 3 is 2.46 bits per heavy atom. The van der Waals surface area contributed by atoms with Crippen molar-refractivity contribution in [2.45, 2.75) is 38.3 Å². The highest BCUT2D eigenvalue weighted by molar-refractivity contribution is 5.94. The first-order chi connectivity index (χ1) is 13.6. The number of hydrogen-bond acceptors (Lipinski definition) is 4. The number of hydrogen-bond donors (Lipinski definition) is 2. The first kappa shape index (κ1) is 20.4. The van der Waals surface area contributed by atoms with E-state index < -0.39 is 0 Å². The molecule has 1 heterocycles. The Balaban J connectivity index is 1.41. The van der Waals surface area contributed by atoms with Gasteiger partial charge in [-0.2, -0.15) is 0 Å². The van der Waals surface area contributed by atoms with Crippen LogP contribution in [-0.2, 0) is 6.42 Å². The van der Waals surface area contributed by atoms with Gasteiger partial charge in [-0.05, 0) is 56.0 Å². The Hall–Kier alpha value is -2.37. The van der Waals surface area contributed by atoms with Gasteiger partial charge in [-0.3, -0.25) is 4.79 Å². The number of likely N-dealkylation sites (tertiary alicyclic amines) is 1. The molecule has 0 saturated carbocycles. The molecule has 2 N–H and O–H groups in total. The molecular formula is C23H30N2O3. The van der Waals surface area contributed by atoms with Crippen LogP contribution in [0, 0.1) is 0 Å². The number of benzene rings is 2. The molecule has 0 radical (unpaired) electrons. The molecule has 0 aliphatic carbocycles. The van der Waals surface area contributed by atoms with Crippen LogP contribution in [0.3, 0.4) is 0 Å². The summed E-state index contributed by atoms with van der Waals surface area (Å²) in [5.74, 6) is 0.620. The summed E-state index contributed by atoms with van der Waals surface area (Å²) in [5.41, 5.74) is 1.96. The molecule has 1 saturated heterocycles. The van der Waals surface area contributed by atoms with Crippen LogP contribution in [0.2, 0.25) is 0 Å². The molecule has 2 aromatic rings. The van der Waals surface area contributed by atoms with Gasteiger partial charge in [-0.1, -0.05) is 30.3 Å². The van der Waals surface area contributed by atoms with E-state index in [0.717, 1.165) is 44.6 Å². The third kappa shape index (κ3) is 6.08. The zero-order chi connectivity index (χ0) is 19.8. The van der Waals surface area contributed by atoms with Crippen molar-refractivity contribution in [3.05, 3.63) is 65.7 Å². The molecule has 0 aromatic heterocycles. The van der Waals surface area contributed by atoms with E-state index in [1.807, 2.05) is 12.1 Å². The topological polar surface area (TPSA) is 61.8 Å². The van der Waals surface area contributed by atoms with Gasteiger partial charge in [0.1, 0.15) is 11.9 Å². The van der Waals surface area contributed by atoms with Crippen molar-refractivity contribution in [1.29, 1.82) is 0 Å². The second kappa shape index (κ2) is 10.2. The van der Waals surface area contributed by atoms with Crippen molar-refractivity contribution in [1.82, 2.24) is 10.2 Å². The molecular weight excluding hydrogens is 352 g/mol. The summed E-state index contributed by atoms with van der Waals surface area (Å²) >= 11 is 0. The van der Waals surface area contributed by atoms with Crippen molar-refractivity contribution in [3.63, 3.8) is 0 Å².